The van der Waals surface area contributed by atoms with Crippen LogP contribution in [-0.2, 0) is 13.6 Å². The summed E-state index contributed by atoms with van der Waals surface area (Å²) in [4.78, 5) is 0. The van der Waals surface area contributed by atoms with E-state index >= 15 is 0 Å². The molecule has 0 atom stereocenters. The van der Waals surface area contributed by atoms with Crippen LogP contribution in [0, 0.1) is 0 Å². The molecule has 1 heterocycles. The Hall–Kier alpha value is -0.800. The van der Waals surface area contributed by atoms with Crippen LogP contribution in [-0.4, -0.2) is 21.8 Å². The quantitative estimate of drug-likeness (QED) is 0.749. The zero-order valence-corrected chi connectivity index (χ0v) is 9.95. The van der Waals surface area contributed by atoms with Gasteiger partial charge in [-0.2, -0.15) is 0 Å². The molecule has 0 amide bonds. The average molecular weight is 210 g/mol. The van der Waals surface area contributed by atoms with Crippen molar-refractivity contribution in [2.75, 3.05) is 6.54 Å². The third-order valence-electron chi connectivity index (χ3n) is 2.99. The van der Waals surface area contributed by atoms with E-state index in [4.69, 9.17) is 0 Å². The molecule has 0 aliphatic rings. The van der Waals surface area contributed by atoms with Crippen molar-refractivity contribution in [3.05, 3.63) is 24.0 Å². The number of nitrogens with one attached hydrogen (secondary N) is 1. The van der Waals surface area contributed by atoms with Gasteiger partial charge >= 0.3 is 0 Å². The van der Waals surface area contributed by atoms with Gasteiger partial charge in [-0.25, -0.2) is 0 Å². The normalized spacial score (nSPS) is 12.0. The van der Waals surface area contributed by atoms with E-state index in [1.165, 1.54) is 5.56 Å². The highest BCUT2D eigenvalue weighted by atomic mass is 16.3. The first-order valence-corrected chi connectivity index (χ1v) is 5.63. The molecule has 0 saturated carbocycles. The number of aryl methyl sites for hydroxylation is 1. The van der Waals surface area contributed by atoms with Gasteiger partial charge in [0.1, 0.15) is 0 Å². The highest BCUT2D eigenvalue weighted by Gasteiger charge is 2.20. The molecular weight excluding hydrogens is 188 g/mol. The summed E-state index contributed by atoms with van der Waals surface area (Å²) in [6.45, 7) is 5.53. The molecule has 0 fully saturated rings. The third kappa shape index (κ3) is 3.68. The van der Waals surface area contributed by atoms with Crippen LogP contribution in [0.25, 0.3) is 0 Å². The summed E-state index contributed by atoms with van der Waals surface area (Å²) < 4.78 is 2.03. The Kier molecular flexibility index (Phi) is 4.36. The fourth-order valence-corrected chi connectivity index (χ4v) is 1.61. The minimum absolute atomic E-state index is 0.547. The van der Waals surface area contributed by atoms with Gasteiger partial charge in [0.2, 0.25) is 0 Å². The fraction of sp³-hybridized carbons (Fsp3) is 0.667. The second-order valence-electron chi connectivity index (χ2n) is 4.22. The van der Waals surface area contributed by atoms with Gasteiger partial charge in [-0.15, -0.1) is 0 Å². The second kappa shape index (κ2) is 5.33. The van der Waals surface area contributed by atoms with Gasteiger partial charge in [0.25, 0.3) is 0 Å². The summed E-state index contributed by atoms with van der Waals surface area (Å²) in [5.74, 6) is 0. The maximum Gasteiger partial charge on any atom is 0.0766 e. The van der Waals surface area contributed by atoms with E-state index < -0.39 is 5.60 Å². The fourth-order valence-electron chi connectivity index (χ4n) is 1.61. The van der Waals surface area contributed by atoms with Crippen LogP contribution in [0.15, 0.2) is 18.5 Å². The summed E-state index contributed by atoms with van der Waals surface area (Å²) in [5, 5.41) is 13.3. The highest BCUT2D eigenvalue weighted by molar-refractivity contribution is 5.09. The predicted octanol–water partition coefficient (Wildman–Crippen LogP) is 1.67. The first-order chi connectivity index (χ1) is 7.09. The molecule has 0 radical (unpaired) electrons. The topological polar surface area (TPSA) is 37.2 Å². The van der Waals surface area contributed by atoms with E-state index in [0.29, 0.717) is 6.54 Å². The van der Waals surface area contributed by atoms with Crippen LogP contribution in [0.1, 0.15) is 32.3 Å². The van der Waals surface area contributed by atoms with Gasteiger partial charge in [-0.1, -0.05) is 13.8 Å². The van der Waals surface area contributed by atoms with Crippen molar-refractivity contribution in [2.24, 2.45) is 7.05 Å². The molecule has 1 aromatic heterocycles. The number of nitrogens with zero attached hydrogens (tertiary/aromatic N) is 1. The molecular formula is C12H22N2O. The number of hydrogen-bond acceptors (Lipinski definition) is 2. The van der Waals surface area contributed by atoms with Crippen molar-refractivity contribution < 1.29 is 5.11 Å². The molecule has 3 heteroatoms. The lowest BCUT2D eigenvalue weighted by Crippen LogP contribution is -2.39. The first-order valence-electron chi connectivity index (χ1n) is 5.63. The summed E-state index contributed by atoms with van der Waals surface area (Å²) >= 11 is 0. The van der Waals surface area contributed by atoms with Crippen molar-refractivity contribution in [3.8, 4) is 0 Å². The Labute approximate surface area is 92.1 Å². The number of aliphatic hydroxyl groups is 1. The number of aromatic nitrogens is 1. The molecule has 1 aromatic rings. The SMILES string of the molecule is CCC(O)(CC)CNCc1ccn(C)c1. The Morgan fingerprint density at radius 2 is 2.07 bits per heavy atom. The van der Waals surface area contributed by atoms with Gasteiger partial charge in [0, 0.05) is 32.5 Å². The van der Waals surface area contributed by atoms with Crippen LogP contribution in [0.4, 0.5) is 0 Å². The van der Waals surface area contributed by atoms with Gasteiger partial charge in [0.15, 0.2) is 0 Å². The molecule has 86 valence electrons. The Morgan fingerprint density at radius 1 is 1.40 bits per heavy atom. The number of hydrogen-bond donors (Lipinski definition) is 2. The molecule has 0 aliphatic carbocycles. The van der Waals surface area contributed by atoms with Crippen LogP contribution in [0.2, 0.25) is 0 Å². The minimum Gasteiger partial charge on any atom is -0.389 e. The van der Waals surface area contributed by atoms with Crippen LogP contribution >= 0.6 is 0 Å². The Bertz CT molecular complexity index is 290. The van der Waals surface area contributed by atoms with Crippen LogP contribution < -0.4 is 5.32 Å². The standard InChI is InChI=1S/C12H22N2O/c1-4-12(15,5-2)10-13-8-11-6-7-14(3)9-11/h6-7,9,13,15H,4-5,8,10H2,1-3H3. The van der Waals surface area contributed by atoms with Crippen LogP contribution in [0.5, 0.6) is 0 Å². The maximum absolute atomic E-state index is 10.0. The largest absolute Gasteiger partial charge is 0.389 e. The van der Waals surface area contributed by atoms with Crippen molar-refractivity contribution in [1.29, 1.82) is 0 Å². The van der Waals surface area contributed by atoms with E-state index in [2.05, 4.69) is 17.6 Å². The average Bonchev–Trinajstić information content (AvgIpc) is 2.64. The highest BCUT2D eigenvalue weighted by Crippen LogP contribution is 2.13. The third-order valence-corrected chi connectivity index (χ3v) is 2.99. The van der Waals surface area contributed by atoms with E-state index in [1.807, 2.05) is 31.7 Å². The lowest BCUT2D eigenvalue weighted by molar-refractivity contribution is 0.0323. The number of rotatable bonds is 6. The Morgan fingerprint density at radius 3 is 2.53 bits per heavy atom. The Balaban J connectivity index is 2.32. The molecule has 0 aliphatic heterocycles. The van der Waals surface area contributed by atoms with E-state index in [0.717, 1.165) is 19.4 Å². The molecule has 0 aromatic carbocycles. The van der Waals surface area contributed by atoms with Gasteiger partial charge in [0.05, 0.1) is 5.60 Å². The second-order valence-corrected chi connectivity index (χ2v) is 4.22. The van der Waals surface area contributed by atoms with Gasteiger partial charge in [-0.3, -0.25) is 0 Å². The molecule has 1 rings (SSSR count). The smallest absolute Gasteiger partial charge is 0.0766 e. The predicted molar refractivity (Wildman–Crippen MR) is 62.7 cm³/mol. The summed E-state index contributed by atoms with van der Waals surface area (Å²) in [5.41, 5.74) is 0.710. The molecule has 0 spiro atoms. The lowest BCUT2D eigenvalue weighted by Gasteiger charge is -2.25. The molecule has 0 unspecified atom stereocenters. The van der Waals surface area contributed by atoms with Crippen molar-refractivity contribution in [3.63, 3.8) is 0 Å². The maximum atomic E-state index is 10.0. The molecule has 0 saturated heterocycles. The van der Waals surface area contributed by atoms with E-state index in [9.17, 15) is 5.11 Å². The summed E-state index contributed by atoms with van der Waals surface area (Å²) in [7, 11) is 2.01. The van der Waals surface area contributed by atoms with Gasteiger partial charge < -0.3 is 15.0 Å². The molecule has 2 N–H and O–H groups in total. The van der Waals surface area contributed by atoms with Crippen LogP contribution in [0.3, 0.4) is 0 Å². The minimum atomic E-state index is -0.547. The van der Waals surface area contributed by atoms with Crippen molar-refractivity contribution in [1.82, 2.24) is 9.88 Å². The van der Waals surface area contributed by atoms with E-state index in [1.54, 1.807) is 0 Å². The van der Waals surface area contributed by atoms with Crippen molar-refractivity contribution >= 4 is 0 Å². The molecule has 3 nitrogen and oxygen atoms in total. The molecule has 15 heavy (non-hydrogen) atoms. The lowest BCUT2D eigenvalue weighted by atomic mass is 9.97. The first kappa shape index (κ1) is 12.3. The monoisotopic (exact) mass is 210 g/mol. The molecule has 0 bridgehead atoms. The van der Waals surface area contributed by atoms with E-state index in [-0.39, 0.29) is 0 Å². The summed E-state index contributed by atoms with van der Waals surface area (Å²) in [6, 6.07) is 2.09. The summed E-state index contributed by atoms with van der Waals surface area (Å²) in [6.07, 6.45) is 5.71. The zero-order chi connectivity index (χ0) is 11.3. The van der Waals surface area contributed by atoms with Crippen molar-refractivity contribution in [2.45, 2.75) is 38.8 Å². The van der Waals surface area contributed by atoms with Gasteiger partial charge in [-0.05, 0) is 24.5 Å². The zero-order valence-electron chi connectivity index (χ0n) is 9.95.